The Morgan fingerprint density at radius 1 is 1.60 bits per heavy atom. The summed E-state index contributed by atoms with van der Waals surface area (Å²) in [7, 11) is 0. The Balaban J connectivity index is 2.20. The van der Waals surface area contributed by atoms with Crippen molar-refractivity contribution in [2.75, 3.05) is 24.1 Å². The van der Waals surface area contributed by atoms with Crippen molar-refractivity contribution in [1.29, 1.82) is 0 Å². The number of hydrogen-bond donors (Lipinski definition) is 3. The predicted octanol–water partition coefficient (Wildman–Crippen LogP) is 0.506. The Hall–Kier alpha value is -1.83. The molecule has 2 amide bonds. The highest BCUT2D eigenvalue weighted by Crippen LogP contribution is 2.27. The lowest BCUT2D eigenvalue weighted by Crippen LogP contribution is -2.55. The molecule has 1 aliphatic rings. The van der Waals surface area contributed by atoms with E-state index >= 15 is 0 Å². The molecular formula is C12H19N5O2S. The van der Waals surface area contributed by atoms with Crippen LogP contribution in [0.3, 0.4) is 0 Å². The minimum atomic E-state index is -0.487. The number of amides is 2. The Bertz CT molecular complexity index is 528. The number of thiazole rings is 1. The van der Waals surface area contributed by atoms with Crippen LogP contribution in [0.4, 0.5) is 10.9 Å². The molecule has 0 aromatic carbocycles. The average molecular weight is 297 g/mol. The summed E-state index contributed by atoms with van der Waals surface area (Å²) in [6.45, 7) is 6.61. The van der Waals surface area contributed by atoms with Crippen LogP contribution < -0.4 is 16.4 Å². The highest BCUT2D eigenvalue weighted by atomic mass is 32.1. The highest BCUT2D eigenvalue weighted by Gasteiger charge is 2.32. The summed E-state index contributed by atoms with van der Waals surface area (Å²) >= 11 is 1.22. The van der Waals surface area contributed by atoms with Gasteiger partial charge in [0.2, 0.25) is 5.91 Å². The van der Waals surface area contributed by atoms with Gasteiger partial charge in [0.25, 0.3) is 5.91 Å². The number of nitrogens with two attached hydrogens (primary N) is 1. The van der Waals surface area contributed by atoms with Gasteiger partial charge in [0.1, 0.15) is 16.7 Å². The van der Waals surface area contributed by atoms with Gasteiger partial charge in [-0.3, -0.25) is 9.59 Å². The third-order valence-corrected chi connectivity index (χ3v) is 4.01. The van der Waals surface area contributed by atoms with Crippen LogP contribution in [0.2, 0.25) is 0 Å². The SMILES string of the molecule is CC(C)Nc1nc(N)c(C(=O)N2CCNC(=O)C2C)s1. The first kappa shape index (κ1) is 14.6. The summed E-state index contributed by atoms with van der Waals surface area (Å²) in [6, 6.07) is -0.276. The van der Waals surface area contributed by atoms with E-state index in [4.69, 9.17) is 5.73 Å². The maximum absolute atomic E-state index is 12.5. The summed E-state index contributed by atoms with van der Waals surface area (Å²) in [5.41, 5.74) is 5.82. The largest absolute Gasteiger partial charge is 0.382 e. The minimum Gasteiger partial charge on any atom is -0.382 e. The number of carbonyl (C=O) groups is 2. The van der Waals surface area contributed by atoms with Crippen LogP contribution in [0.5, 0.6) is 0 Å². The van der Waals surface area contributed by atoms with E-state index in [0.29, 0.717) is 23.1 Å². The van der Waals surface area contributed by atoms with Gasteiger partial charge in [-0.05, 0) is 20.8 Å². The Morgan fingerprint density at radius 3 is 2.95 bits per heavy atom. The van der Waals surface area contributed by atoms with Gasteiger partial charge >= 0.3 is 0 Å². The van der Waals surface area contributed by atoms with Crippen molar-refractivity contribution in [2.24, 2.45) is 0 Å². The van der Waals surface area contributed by atoms with Crippen LogP contribution in [0.1, 0.15) is 30.4 Å². The summed E-state index contributed by atoms with van der Waals surface area (Å²) in [5, 5.41) is 6.47. The van der Waals surface area contributed by atoms with Gasteiger partial charge in [-0.1, -0.05) is 11.3 Å². The number of hydrogen-bond acceptors (Lipinski definition) is 6. The predicted molar refractivity (Wildman–Crippen MR) is 78.8 cm³/mol. The molecule has 110 valence electrons. The third-order valence-electron chi connectivity index (χ3n) is 3.02. The molecule has 1 atom stereocenters. The zero-order valence-electron chi connectivity index (χ0n) is 11.8. The number of nitrogens with zero attached hydrogens (tertiary/aromatic N) is 2. The summed E-state index contributed by atoms with van der Waals surface area (Å²) in [4.78, 5) is 30.2. The van der Waals surface area contributed by atoms with Crippen LogP contribution in [-0.2, 0) is 4.79 Å². The standard InChI is InChI=1S/C12H19N5O2S/c1-6(2)15-12-16-9(13)8(20-12)11(19)17-5-4-14-10(18)7(17)3/h6-7H,4-5,13H2,1-3H3,(H,14,18)(H,15,16). The van der Waals surface area contributed by atoms with Gasteiger partial charge in [0, 0.05) is 19.1 Å². The number of nitrogen functional groups attached to an aromatic ring is 1. The van der Waals surface area contributed by atoms with Crippen molar-refractivity contribution in [2.45, 2.75) is 32.9 Å². The van der Waals surface area contributed by atoms with E-state index < -0.39 is 6.04 Å². The van der Waals surface area contributed by atoms with Gasteiger partial charge in [-0.2, -0.15) is 0 Å². The second-order valence-corrected chi connectivity index (χ2v) is 6.00. The number of nitrogens with one attached hydrogen (secondary N) is 2. The van der Waals surface area contributed by atoms with E-state index in [0.717, 1.165) is 0 Å². The van der Waals surface area contributed by atoms with E-state index in [1.807, 2.05) is 13.8 Å². The molecule has 0 bridgehead atoms. The van der Waals surface area contributed by atoms with Crippen LogP contribution >= 0.6 is 11.3 Å². The molecule has 2 rings (SSSR count). The van der Waals surface area contributed by atoms with Crippen molar-refractivity contribution in [3.05, 3.63) is 4.88 Å². The zero-order valence-corrected chi connectivity index (χ0v) is 12.6. The number of aromatic nitrogens is 1. The monoisotopic (exact) mass is 297 g/mol. The van der Waals surface area contributed by atoms with Gasteiger partial charge in [-0.15, -0.1) is 0 Å². The molecule has 1 unspecified atom stereocenters. The molecule has 1 aliphatic heterocycles. The molecule has 0 aliphatic carbocycles. The van der Waals surface area contributed by atoms with E-state index in [-0.39, 0.29) is 23.7 Å². The summed E-state index contributed by atoms with van der Waals surface area (Å²) in [5.74, 6) is -0.172. The summed E-state index contributed by atoms with van der Waals surface area (Å²) < 4.78 is 0. The van der Waals surface area contributed by atoms with Crippen molar-refractivity contribution < 1.29 is 9.59 Å². The Morgan fingerprint density at radius 2 is 2.30 bits per heavy atom. The van der Waals surface area contributed by atoms with Crippen molar-refractivity contribution >= 4 is 34.1 Å². The fraction of sp³-hybridized carbons (Fsp3) is 0.583. The molecule has 1 aromatic heterocycles. The Kier molecular flexibility index (Phi) is 4.12. The molecule has 1 saturated heterocycles. The fourth-order valence-corrected chi connectivity index (χ4v) is 2.97. The zero-order chi connectivity index (χ0) is 14.9. The van der Waals surface area contributed by atoms with Gasteiger partial charge in [-0.25, -0.2) is 4.98 Å². The smallest absolute Gasteiger partial charge is 0.268 e. The number of rotatable bonds is 3. The van der Waals surface area contributed by atoms with Crippen LogP contribution in [0.25, 0.3) is 0 Å². The molecule has 0 radical (unpaired) electrons. The first-order chi connectivity index (χ1) is 9.40. The highest BCUT2D eigenvalue weighted by molar-refractivity contribution is 7.18. The lowest BCUT2D eigenvalue weighted by molar-refractivity contribution is -0.127. The van der Waals surface area contributed by atoms with Gasteiger partial charge < -0.3 is 21.3 Å². The van der Waals surface area contributed by atoms with E-state index in [1.165, 1.54) is 16.2 Å². The summed E-state index contributed by atoms with van der Waals surface area (Å²) in [6.07, 6.45) is 0. The molecule has 20 heavy (non-hydrogen) atoms. The second kappa shape index (κ2) is 5.66. The molecule has 0 saturated carbocycles. The molecular weight excluding hydrogens is 278 g/mol. The first-order valence-corrected chi connectivity index (χ1v) is 7.33. The molecule has 1 aromatic rings. The van der Waals surface area contributed by atoms with E-state index in [9.17, 15) is 9.59 Å². The van der Waals surface area contributed by atoms with Crippen LogP contribution in [-0.4, -0.2) is 46.9 Å². The fourth-order valence-electron chi connectivity index (χ4n) is 1.98. The molecule has 2 heterocycles. The maximum atomic E-state index is 12.5. The van der Waals surface area contributed by atoms with Crippen molar-refractivity contribution in [3.8, 4) is 0 Å². The quantitative estimate of drug-likeness (QED) is 0.754. The first-order valence-electron chi connectivity index (χ1n) is 6.51. The van der Waals surface area contributed by atoms with Crippen LogP contribution in [0.15, 0.2) is 0 Å². The van der Waals surface area contributed by atoms with E-state index in [2.05, 4.69) is 15.6 Å². The number of carbonyl (C=O) groups excluding carboxylic acids is 2. The lowest BCUT2D eigenvalue weighted by atomic mass is 10.2. The molecule has 4 N–H and O–H groups in total. The minimum absolute atomic E-state index is 0.145. The molecule has 8 heteroatoms. The molecule has 0 spiro atoms. The normalized spacial score (nSPS) is 19.1. The number of piperazine rings is 1. The van der Waals surface area contributed by atoms with E-state index in [1.54, 1.807) is 6.92 Å². The maximum Gasteiger partial charge on any atom is 0.268 e. The van der Waals surface area contributed by atoms with Crippen molar-refractivity contribution in [3.63, 3.8) is 0 Å². The van der Waals surface area contributed by atoms with Crippen LogP contribution in [0, 0.1) is 0 Å². The third kappa shape index (κ3) is 2.84. The number of anilines is 2. The lowest BCUT2D eigenvalue weighted by Gasteiger charge is -2.32. The van der Waals surface area contributed by atoms with Gasteiger partial charge in [0.05, 0.1) is 0 Å². The molecule has 1 fully saturated rings. The van der Waals surface area contributed by atoms with Gasteiger partial charge in [0.15, 0.2) is 5.13 Å². The molecule has 7 nitrogen and oxygen atoms in total. The second-order valence-electron chi connectivity index (χ2n) is 5.00. The Labute approximate surface area is 121 Å². The topological polar surface area (TPSA) is 100 Å². The van der Waals surface area contributed by atoms with Crippen molar-refractivity contribution in [1.82, 2.24) is 15.2 Å². The average Bonchev–Trinajstić information content (AvgIpc) is 2.72.